The van der Waals surface area contributed by atoms with Crippen molar-refractivity contribution in [2.45, 2.75) is 63.7 Å². The highest BCUT2D eigenvalue weighted by Gasteiger charge is 2.39. The Morgan fingerprint density at radius 2 is 1.69 bits per heavy atom. The number of amides is 3. The van der Waals surface area contributed by atoms with Gasteiger partial charge in [0.1, 0.15) is 23.7 Å². The van der Waals surface area contributed by atoms with Gasteiger partial charge in [0, 0.05) is 92.4 Å². The molecule has 0 saturated carbocycles. The number of nitrogens with zero attached hydrogens (tertiary/aromatic N) is 5. The predicted molar refractivity (Wildman–Crippen MR) is 234 cm³/mol. The number of ketones is 1. The minimum Gasteiger partial charge on any atom is -0.369 e. The van der Waals surface area contributed by atoms with Crippen LogP contribution in [0.25, 0.3) is 22.2 Å². The van der Waals surface area contributed by atoms with Crippen LogP contribution in [0.1, 0.15) is 75.9 Å². The lowest BCUT2D eigenvalue weighted by Gasteiger charge is -2.36. The van der Waals surface area contributed by atoms with E-state index in [0.717, 1.165) is 91.7 Å². The molecule has 14 nitrogen and oxygen atoms in total. The molecule has 3 fully saturated rings. The smallest absolute Gasteiger partial charge is 0.301 e. The fourth-order valence-corrected chi connectivity index (χ4v) is 10.4. The van der Waals surface area contributed by atoms with Crippen molar-refractivity contribution < 1.29 is 40.8 Å². The summed E-state index contributed by atoms with van der Waals surface area (Å²) < 4.78 is 72.9. The molecule has 334 valence electrons. The number of hydrogen-bond acceptors (Lipinski definition) is 9. The molecule has 0 aliphatic carbocycles. The quantitative estimate of drug-likeness (QED) is 0.0716. The first-order valence-electron chi connectivity index (χ1n) is 21.6. The molecule has 4 aliphatic heterocycles. The minimum atomic E-state index is -4.35. The second-order valence-electron chi connectivity index (χ2n) is 16.9. The second-order valence-corrected chi connectivity index (χ2v) is 18.5. The van der Waals surface area contributed by atoms with Gasteiger partial charge in [0.2, 0.25) is 17.6 Å². The zero-order valence-corrected chi connectivity index (χ0v) is 35.7. The summed E-state index contributed by atoms with van der Waals surface area (Å²) in [5.74, 6) is -4.42. The Morgan fingerprint density at radius 3 is 2.44 bits per heavy atom. The maximum Gasteiger partial charge on any atom is 0.301 e. The average Bonchev–Trinajstić information content (AvgIpc) is 4.01. The van der Waals surface area contributed by atoms with Gasteiger partial charge in [-0.1, -0.05) is 30.7 Å². The first-order chi connectivity index (χ1) is 30.8. The van der Waals surface area contributed by atoms with Gasteiger partial charge in [-0.15, -0.1) is 0 Å². The summed E-state index contributed by atoms with van der Waals surface area (Å²) in [6.07, 6.45) is 6.27. The zero-order valence-electron chi connectivity index (χ0n) is 34.9. The van der Waals surface area contributed by atoms with Crippen molar-refractivity contribution in [3.05, 3.63) is 113 Å². The lowest BCUT2D eigenvalue weighted by atomic mass is 9.99. The van der Waals surface area contributed by atoms with Crippen molar-refractivity contribution in [3.8, 4) is 11.1 Å². The van der Waals surface area contributed by atoms with Crippen molar-refractivity contribution in [2.75, 3.05) is 55.4 Å². The van der Waals surface area contributed by atoms with E-state index in [1.807, 2.05) is 29.0 Å². The summed E-state index contributed by atoms with van der Waals surface area (Å²) in [4.78, 5) is 64.5. The number of aryl methyl sites for hydroxylation is 1. The van der Waals surface area contributed by atoms with E-state index >= 15 is 8.78 Å². The molecule has 1 unspecified atom stereocenters. The van der Waals surface area contributed by atoms with Gasteiger partial charge in [0.15, 0.2) is 5.82 Å². The molecule has 18 heteroatoms. The molecule has 4 aliphatic rings. The number of unbranched alkanes of at least 4 members (excludes halogenated alkanes) is 2. The number of aromatic amines is 1. The molecular formula is C46H47F3N8O6S. The predicted octanol–water partition coefficient (Wildman–Crippen LogP) is 5.74. The molecule has 0 radical (unpaired) electrons. The number of alkyl halides is 1. The third-order valence-electron chi connectivity index (χ3n) is 12.7. The molecule has 5 aromatic rings. The Kier molecular flexibility index (Phi) is 12.0. The van der Waals surface area contributed by atoms with E-state index in [1.54, 1.807) is 17.2 Å². The average molecular weight is 897 g/mol. The first-order valence-corrected chi connectivity index (χ1v) is 23.0. The summed E-state index contributed by atoms with van der Waals surface area (Å²) in [5.41, 5.74) is 4.03. The summed E-state index contributed by atoms with van der Waals surface area (Å²) in [5, 5.41) is 2.69. The van der Waals surface area contributed by atoms with Crippen molar-refractivity contribution >= 4 is 56.1 Å². The number of pyridine rings is 1. The Hall–Kier alpha value is -6.11. The van der Waals surface area contributed by atoms with E-state index in [0.29, 0.717) is 35.1 Å². The Bertz CT molecular complexity index is 2760. The molecule has 0 bridgehead atoms. The van der Waals surface area contributed by atoms with E-state index in [4.69, 9.17) is 0 Å². The number of piperazine rings is 1. The van der Waals surface area contributed by atoms with Crippen molar-refractivity contribution in [1.82, 2.24) is 29.4 Å². The summed E-state index contributed by atoms with van der Waals surface area (Å²) >= 11 is 0. The standard InChI is InChI=1S/C46H47F3N8O6S/c47-32-15-17-56(27-32)64(62,63)53-38-12-11-37(48)41(42(38)49)43(59)36-25-51-44-35(36)23-30(24-50-44)29-7-5-28(6-8-29)4-2-1-3-16-54-18-20-55(21-19-54)33-9-10-34-31(22-33)26-57(46(34)61)39-13-14-40(58)52-45(39)60/h5-12,22-25,32,39,53H,1-4,13-21,26-27H2,(H,50,51)(H,52,58,60)/t32-,39?/m1/s1. The molecule has 64 heavy (non-hydrogen) atoms. The summed E-state index contributed by atoms with van der Waals surface area (Å²) in [7, 11) is -4.35. The fraction of sp³-hybridized carbons (Fsp3) is 0.370. The number of imide groups is 1. The van der Waals surface area contributed by atoms with Gasteiger partial charge >= 0.3 is 10.2 Å². The lowest BCUT2D eigenvalue weighted by molar-refractivity contribution is -0.136. The van der Waals surface area contributed by atoms with E-state index in [9.17, 15) is 32.0 Å². The number of H-pyrrole nitrogens is 1. The van der Waals surface area contributed by atoms with Gasteiger partial charge in [-0.2, -0.15) is 12.7 Å². The van der Waals surface area contributed by atoms with Crippen molar-refractivity contribution in [2.24, 2.45) is 0 Å². The normalized spacial score (nSPS) is 19.7. The van der Waals surface area contributed by atoms with Gasteiger partial charge in [0.25, 0.3) is 5.91 Å². The SMILES string of the molecule is O=C1CCC(N2Cc3cc(N4CCN(CCCCCc5ccc(-c6cnc7[nH]cc(C(=O)c8c(F)ccc(NS(=O)(=O)N9CC[C@@H](F)C9)c8F)c7c6)cc5)CC4)ccc3C2=O)C(=O)N1. The van der Waals surface area contributed by atoms with Crippen LogP contribution in [0.5, 0.6) is 0 Å². The number of benzene rings is 3. The van der Waals surface area contributed by atoms with Crippen molar-refractivity contribution in [1.29, 1.82) is 0 Å². The number of halogens is 3. The van der Waals surface area contributed by atoms with Crippen LogP contribution in [0.2, 0.25) is 0 Å². The van der Waals surface area contributed by atoms with Gasteiger partial charge in [0.05, 0.1) is 11.3 Å². The maximum atomic E-state index is 15.7. The molecule has 3 aromatic carbocycles. The van der Waals surface area contributed by atoms with E-state index < -0.39 is 57.0 Å². The summed E-state index contributed by atoms with van der Waals surface area (Å²) in [6.45, 7) is 4.52. The first kappa shape index (κ1) is 43.2. The number of nitrogens with one attached hydrogen (secondary N) is 3. The highest BCUT2D eigenvalue weighted by molar-refractivity contribution is 7.90. The van der Waals surface area contributed by atoms with E-state index in [1.165, 1.54) is 11.8 Å². The largest absolute Gasteiger partial charge is 0.369 e. The monoisotopic (exact) mass is 896 g/mol. The molecule has 6 heterocycles. The highest BCUT2D eigenvalue weighted by atomic mass is 32.2. The van der Waals surface area contributed by atoms with Crippen LogP contribution in [0.3, 0.4) is 0 Å². The number of fused-ring (bicyclic) bond motifs is 2. The third-order valence-corrected chi connectivity index (χ3v) is 14.2. The fourth-order valence-electron chi connectivity index (χ4n) is 9.13. The van der Waals surface area contributed by atoms with Crippen LogP contribution >= 0.6 is 0 Å². The molecular weight excluding hydrogens is 850 g/mol. The molecule has 0 spiro atoms. The highest BCUT2D eigenvalue weighted by Crippen LogP contribution is 2.33. The zero-order chi connectivity index (χ0) is 44.7. The number of anilines is 2. The Labute approximate surface area is 368 Å². The van der Waals surface area contributed by atoms with Crippen LogP contribution < -0.4 is 14.9 Å². The molecule has 2 atom stereocenters. The number of hydrogen-bond donors (Lipinski definition) is 3. The molecule has 9 rings (SSSR count). The second kappa shape index (κ2) is 17.8. The van der Waals surface area contributed by atoms with Gasteiger partial charge in [-0.3, -0.25) is 34.1 Å². The van der Waals surface area contributed by atoms with Gasteiger partial charge in [-0.05, 0) is 91.7 Å². The van der Waals surface area contributed by atoms with Crippen LogP contribution in [0.15, 0.2) is 73.1 Å². The number of rotatable bonds is 14. The van der Waals surface area contributed by atoms with Gasteiger partial charge in [-0.25, -0.2) is 18.2 Å². The number of carbonyl (C=O) groups is 4. The molecule has 3 saturated heterocycles. The topological polar surface area (TPSA) is 168 Å². The van der Waals surface area contributed by atoms with Crippen LogP contribution in [-0.4, -0.2) is 114 Å². The van der Waals surface area contributed by atoms with Gasteiger partial charge < -0.3 is 14.8 Å². The number of piperidine rings is 1. The Balaban J connectivity index is 0.749. The minimum absolute atomic E-state index is 0.00485. The van der Waals surface area contributed by atoms with Crippen molar-refractivity contribution in [3.63, 3.8) is 0 Å². The molecule has 3 amide bonds. The van der Waals surface area contributed by atoms with E-state index in [-0.39, 0.29) is 43.3 Å². The maximum absolute atomic E-state index is 15.7. The third kappa shape index (κ3) is 8.73. The lowest BCUT2D eigenvalue weighted by Crippen LogP contribution is -2.52. The molecule has 2 aromatic heterocycles. The Morgan fingerprint density at radius 1 is 0.891 bits per heavy atom. The summed E-state index contributed by atoms with van der Waals surface area (Å²) in [6, 6.07) is 16.7. The van der Waals surface area contributed by atoms with Crippen LogP contribution in [0.4, 0.5) is 24.5 Å². The van der Waals surface area contributed by atoms with E-state index in [2.05, 4.69) is 43.3 Å². The molecule has 3 N–H and O–H groups in total. The number of aromatic nitrogens is 2. The number of carbonyl (C=O) groups excluding carboxylic acids is 4. The van der Waals surface area contributed by atoms with Crippen LogP contribution in [0, 0.1) is 11.6 Å². The van der Waals surface area contributed by atoms with Crippen LogP contribution in [-0.2, 0) is 32.8 Å².